The van der Waals surface area contributed by atoms with Crippen molar-refractivity contribution in [2.75, 3.05) is 5.32 Å². The number of anilines is 2. The summed E-state index contributed by atoms with van der Waals surface area (Å²) < 4.78 is 28.5. The van der Waals surface area contributed by atoms with E-state index >= 15 is 0 Å². The van der Waals surface area contributed by atoms with E-state index < -0.39 is 6.43 Å². The van der Waals surface area contributed by atoms with Gasteiger partial charge in [-0.15, -0.1) is 10.2 Å². The largest absolute Gasteiger partial charge is 0.327 e. The van der Waals surface area contributed by atoms with E-state index in [1.165, 1.54) is 22.1 Å². The van der Waals surface area contributed by atoms with Gasteiger partial charge in [0.05, 0.1) is 17.9 Å². The second kappa shape index (κ2) is 6.03. The highest BCUT2D eigenvalue weighted by atomic mass is 32.1. The van der Waals surface area contributed by atoms with Crippen molar-refractivity contribution in [1.29, 1.82) is 0 Å². The Morgan fingerprint density at radius 1 is 1.26 bits per heavy atom. The Morgan fingerprint density at radius 3 is 2.65 bits per heavy atom. The van der Waals surface area contributed by atoms with Gasteiger partial charge in [0, 0.05) is 18.9 Å². The number of rotatable bonds is 5. The summed E-state index contributed by atoms with van der Waals surface area (Å²) in [6, 6.07) is 1.38. The normalized spacial score (nSPS) is 11.4. The van der Waals surface area contributed by atoms with Gasteiger partial charge in [-0.3, -0.25) is 9.36 Å². The molecule has 122 valence electrons. The first kappa shape index (κ1) is 15.5. The predicted octanol–water partition coefficient (Wildman–Crippen LogP) is 2.81. The van der Waals surface area contributed by atoms with Crippen molar-refractivity contribution in [3.05, 3.63) is 34.4 Å². The molecule has 3 aromatic rings. The van der Waals surface area contributed by atoms with Gasteiger partial charge >= 0.3 is 0 Å². The van der Waals surface area contributed by atoms with Crippen LogP contribution >= 0.6 is 11.3 Å². The number of aryl methyl sites for hydroxylation is 3. The second-order valence-corrected chi connectivity index (χ2v) is 6.16. The smallest absolute Gasteiger partial charge is 0.282 e. The monoisotopic (exact) mass is 339 g/mol. The fraction of sp³-hybridized carbons (Fsp3) is 0.385. The fourth-order valence-electron chi connectivity index (χ4n) is 2.14. The Kier molecular flexibility index (Phi) is 4.07. The van der Waals surface area contributed by atoms with Gasteiger partial charge in [-0.05, 0) is 19.9 Å². The molecule has 0 spiro atoms. The van der Waals surface area contributed by atoms with Gasteiger partial charge in [0.2, 0.25) is 5.13 Å². The molecule has 0 fully saturated rings. The molecule has 3 rings (SSSR count). The molecule has 0 saturated carbocycles. The topological polar surface area (TPSA) is 73.5 Å². The molecule has 0 unspecified atom stereocenters. The van der Waals surface area contributed by atoms with Gasteiger partial charge in [0.15, 0.2) is 0 Å². The van der Waals surface area contributed by atoms with Crippen LogP contribution in [-0.4, -0.2) is 29.8 Å². The summed E-state index contributed by atoms with van der Waals surface area (Å²) >= 11 is 1.35. The molecule has 0 bridgehead atoms. The predicted molar refractivity (Wildman–Crippen MR) is 82.2 cm³/mol. The molecule has 1 N–H and O–H groups in total. The fourth-order valence-corrected chi connectivity index (χ4v) is 2.87. The van der Waals surface area contributed by atoms with Crippen LogP contribution in [0.1, 0.15) is 28.5 Å². The first-order chi connectivity index (χ1) is 10.9. The number of nitrogens with zero attached hydrogens (tertiary/aromatic N) is 6. The maximum Gasteiger partial charge on any atom is 0.282 e. The van der Waals surface area contributed by atoms with Crippen molar-refractivity contribution in [3.8, 4) is 0 Å². The molecule has 0 aliphatic carbocycles. The SMILES string of the molecule is Cc1nn(C)cc1Nc1nnc(Cn2nc(C(F)F)cc2C)s1. The van der Waals surface area contributed by atoms with Crippen molar-refractivity contribution >= 4 is 22.2 Å². The minimum atomic E-state index is -2.57. The average molecular weight is 339 g/mol. The summed E-state index contributed by atoms with van der Waals surface area (Å²) in [5, 5.41) is 20.7. The first-order valence-electron chi connectivity index (χ1n) is 6.84. The van der Waals surface area contributed by atoms with Crippen molar-refractivity contribution in [1.82, 2.24) is 29.8 Å². The van der Waals surface area contributed by atoms with Crippen LogP contribution in [0.2, 0.25) is 0 Å². The summed E-state index contributed by atoms with van der Waals surface area (Å²) in [7, 11) is 1.84. The minimum absolute atomic E-state index is 0.226. The second-order valence-electron chi connectivity index (χ2n) is 5.10. The number of hydrogen-bond donors (Lipinski definition) is 1. The van der Waals surface area contributed by atoms with Gasteiger partial charge in [0.1, 0.15) is 10.7 Å². The maximum absolute atomic E-state index is 12.7. The summed E-state index contributed by atoms with van der Waals surface area (Å²) in [6.45, 7) is 3.94. The van der Waals surface area contributed by atoms with E-state index in [0.29, 0.717) is 22.4 Å². The first-order valence-corrected chi connectivity index (χ1v) is 7.66. The maximum atomic E-state index is 12.7. The molecule has 0 atom stereocenters. The molecule has 0 aromatic carbocycles. The third-order valence-electron chi connectivity index (χ3n) is 3.23. The van der Waals surface area contributed by atoms with Crippen LogP contribution in [0.4, 0.5) is 19.6 Å². The molecule has 0 radical (unpaired) electrons. The number of halogens is 2. The zero-order valence-corrected chi connectivity index (χ0v) is 13.6. The number of alkyl halides is 2. The molecule has 23 heavy (non-hydrogen) atoms. The van der Waals surface area contributed by atoms with Crippen molar-refractivity contribution in [3.63, 3.8) is 0 Å². The number of nitrogens with one attached hydrogen (secondary N) is 1. The van der Waals surface area contributed by atoms with Gasteiger partial charge in [0.25, 0.3) is 6.43 Å². The molecule has 0 aliphatic heterocycles. The molecule has 3 aromatic heterocycles. The van der Waals surface area contributed by atoms with E-state index in [4.69, 9.17) is 0 Å². The van der Waals surface area contributed by atoms with E-state index in [-0.39, 0.29) is 5.69 Å². The molecule has 3 heterocycles. The Morgan fingerprint density at radius 2 is 2.04 bits per heavy atom. The molecular weight excluding hydrogens is 324 g/mol. The summed E-state index contributed by atoms with van der Waals surface area (Å²) in [5.74, 6) is 0. The molecule has 0 saturated heterocycles. The molecule has 0 amide bonds. The van der Waals surface area contributed by atoms with Gasteiger partial charge < -0.3 is 5.32 Å². The Hall–Kier alpha value is -2.36. The number of aromatic nitrogens is 6. The molecule has 10 heteroatoms. The third kappa shape index (κ3) is 3.36. The Labute approximate surface area is 135 Å². The summed E-state index contributed by atoms with van der Waals surface area (Å²) in [4.78, 5) is 0. The third-order valence-corrected chi connectivity index (χ3v) is 4.05. The quantitative estimate of drug-likeness (QED) is 0.774. The van der Waals surface area contributed by atoms with Crippen LogP contribution in [0, 0.1) is 13.8 Å². The molecular formula is C13H15F2N7S. The van der Waals surface area contributed by atoms with Crippen LogP contribution < -0.4 is 5.32 Å². The van der Waals surface area contributed by atoms with Crippen molar-refractivity contribution in [2.24, 2.45) is 7.05 Å². The lowest BCUT2D eigenvalue weighted by Gasteiger charge is -2.00. The van der Waals surface area contributed by atoms with Crippen molar-refractivity contribution in [2.45, 2.75) is 26.8 Å². The van der Waals surface area contributed by atoms with E-state index in [2.05, 4.69) is 25.7 Å². The lowest BCUT2D eigenvalue weighted by Crippen LogP contribution is -2.04. The molecule has 7 nitrogen and oxygen atoms in total. The van der Waals surface area contributed by atoms with Gasteiger partial charge in [-0.2, -0.15) is 10.2 Å². The Balaban J connectivity index is 1.73. The Bertz CT molecular complexity index is 820. The molecule has 0 aliphatic rings. The standard InChI is InChI=1S/C13H15F2N7S/c1-7-4-9(12(14)15)20-22(7)6-11-17-18-13(23-11)16-10-5-21(3)19-8(10)2/h4-5,12H,6H2,1-3H3,(H,16,18). The van der Waals surface area contributed by atoms with Gasteiger partial charge in [-0.25, -0.2) is 8.78 Å². The lowest BCUT2D eigenvalue weighted by molar-refractivity contribution is 0.145. The highest BCUT2D eigenvalue weighted by Crippen LogP contribution is 2.24. The summed E-state index contributed by atoms with van der Waals surface area (Å²) in [6.07, 6.45) is -0.724. The summed E-state index contributed by atoms with van der Waals surface area (Å²) in [5.41, 5.74) is 2.14. The zero-order valence-electron chi connectivity index (χ0n) is 12.8. The minimum Gasteiger partial charge on any atom is -0.327 e. The van der Waals surface area contributed by atoms with Crippen molar-refractivity contribution < 1.29 is 8.78 Å². The highest BCUT2D eigenvalue weighted by Gasteiger charge is 2.15. The van der Waals surface area contributed by atoms with E-state index in [9.17, 15) is 8.78 Å². The van der Waals surface area contributed by atoms with Crippen LogP contribution in [0.5, 0.6) is 0 Å². The zero-order chi connectivity index (χ0) is 16.6. The van der Waals surface area contributed by atoms with E-state index in [1.54, 1.807) is 11.6 Å². The lowest BCUT2D eigenvalue weighted by atomic mass is 10.4. The highest BCUT2D eigenvalue weighted by molar-refractivity contribution is 7.15. The van der Waals surface area contributed by atoms with E-state index in [1.807, 2.05) is 20.2 Å². The van der Waals surface area contributed by atoms with Crippen LogP contribution in [0.3, 0.4) is 0 Å². The average Bonchev–Trinajstić information content (AvgIpc) is 3.13. The van der Waals surface area contributed by atoms with Gasteiger partial charge in [-0.1, -0.05) is 11.3 Å². The number of hydrogen-bond acceptors (Lipinski definition) is 6. The van der Waals surface area contributed by atoms with E-state index in [0.717, 1.165) is 11.4 Å². The van der Waals surface area contributed by atoms with Crippen LogP contribution in [0.25, 0.3) is 0 Å². The van der Waals surface area contributed by atoms with Crippen LogP contribution in [-0.2, 0) is 13.6 Å². The van der Waals surface area contributed by atoms with Crippen LogP contribution in [0.15, 0.2) is 12.3 Å².